The van der Waals surface area contributed by atoms with E-state index >= 15 is 0 Å². The topological polar surface area (TPSA) is 116 Å². The highest BCUT2D eigenvalue weighted by Gasteiger charge is 2.00. The minimum Gasteiger partial charge on any atom is -0.481 e. The summed E-state index contributed by atoms with van der Waals surface area (Å²) in [4.78, 5) is 21.4. The van der Waals surface area contributed by atoms with Crippen LogP contribution in [0.3, 0.4) is 0 Å². The van der Waals surface area contributed by atoms with Gasteiger partial charge in [-0.3, -0.25) is 9.89 Å². The molecule has 0 aromatic carbocycles. The van der Waals surface area contributed by atoms with Crippen molar-refractivity contribution < 1.29 is 19.4 Å². The highest BCUT2D eigenvalue weighted by Crippen LogP contribution is 1.91. The van der Waals surface area contributed by atoms with E-state index in [4.69, 9.17) is 9.84 Å². The summed E-state index contributed by atoms with van der Waals surface area (Å²) in [5, 5.41) is 20.0. The Hall–Kier alpha value is -2.09. The number of hydrogen-bond donors (Lipinski definition) is 4. The van der Waals surface area contributed by atoms with Crippen molar-refractivity contribution in [3.8, 4) is 0 Å². The van der Waals surface area contributed by atoms with E-state index in [1.165, 1.54) is 0 Å². The van der Waals surface area contributed by atoms with Crippen LogP contribution in [0.2, 0.25) is 0 Å². The SMILES string of the molecule is O=C(O)CCOCCNC(=O)NCc1cn[nH]c1. The molecule has 0 bridgehead atoms. The number of rotatable bonds is 8. The smallest absolute Gasteiger partial charge is 0.315 e. The van der Waals surface area contributed by atoms with Gasteiger partial charge < -0.3 is 20.5 Å². The van der Waals surface area contributed by atoms with Crippen LogP contribution in [0.1, 0.15) is 12.0 Å². The number of ether oxygens (including phenoxy) is 1. The molecule has 1 aromatic rings. The molecular formula is C10H16N4O4. The molecule has 0 saturated heterocycles. The number of nitrogens with one attached hydrogen (secondary N) is 3. The second kappa shape index (κ2) is 8.07. The molecule has 100 valence electrons. The van der Waals surface area contributed by atoms with Crippen LogP contribution in [0.15, 0.2) is 12.4 Å². The van der Waals surface area contributed by atoms with E-state index < -0.39 is 5.97 Å². The molecule has 0 radical (unpaired) electrons. The molecule has 1 heterocycles. The second-order valence-corrected chi connectivity index (χ2v) is 3.47. The Bertz CT molecular complexity index is 366. The predicted octanol–water partition coefficient (Wildman–Crippen LogP) is -0.300. The number of aliphatic carboxylic acids is 1. The summed E-state index contributed by atoms with van der Waals surface area (Å²) < 4.78 is 5.01. The average Bonchev–Trinajstić information content (AvgIpc) is 2.83. The highest BCUT2D eigenvalue weighted by atomic mass is 16.5. The van der Waals surface area contributed by atoms with Crippen molar-refractivity contribution in [1.29, 1.82) is 0 Å². The van der Waals surface area contributed by atoms with Gasteiger partial charge in [-0.05, 0) is 0 Å². The van der Waals surface area contributed by atoms with Gasteiger partial charge in [0.25, 0.3) is 0 Å². The van der Waals surface area contributed by atoms with E-state index in [2.05, 4.69) is 20.8 Å². The number of carboxylic acids is 1. The van der Waals surface area contributed by atoms with Crippen molar-refractivity contribution in [3.05, 3.63) is 18.0 Å². The molecule has 1 rings (SSSR count). The monoisotopic (exact) mass is 256 g/mol. The second-order valence-electron chi connectivity index (χ2n) is 3.47. The first-order chi connectivity index (χ1) is 8.68. The van der Waals surface area contributed by atoms with Crippen molar-refractivity contribution in [3.63, 3.8) is 0 Å². The van der Waals surface area contributed by atoms with Gasteiger partial charge in [-0.25, -0.2) is 4.79 Å². The number of carbonyl (C=O) groups excluding carboxylic acids is 1. The van der Waals surface area contributed by atoms with E-state index in [1.807, 2.05) is 0 Å². The van der Waals surface area contributed by atoms with Gasteiger partial charge in [-0.15, -0.1) is 0 Å². The van der Waals surface area contributed by atoms with Gasteiger partial charge in [-0.1, -0.05) is 0 Å². The van der Waals surface area contributed by atoms with Gasteiger partial charge >= 0.3 is 12.0 Å². The van der Waals surface area contributed by atoms with Crippen LogP contribution in [0.25, 0.3) is 0 Å². The van der Waals surface area contributed by atoms with Gasteiger partial charge in [0.2, 0.25) is 0 Å². The lowest BCUT2D eigenvalue weighted by atomic mass is 10.4. The van der Waals surface area contributed by atoms with Crippen LogP contribution in [-0.4, -0.2) is 47.1 Å². The zero-order chi connectivity index (χ0) is 13.2. The Balaban J connectivity index is 1.95. The lowest BCUT2D eigenvalue weighted by Crippen LogP contribution is -2.36. The number of amides is 2. The molecule has 1 aromatic heterocycles. The summed E-state index contributed by atoms with van der Waals surface area (Å²) in [5.74, 6) is -0.902. The van der Waals surface area contributed by atoms with Gasteiger partial charge in [0, 0.05) is 24.8 Å². The summed E-state index contributed by atoms with van der Waals surface area (Å²) >= 11 is 0. The quantitative estimate of drug-likeness (QED) is 0.476. The number of aromatic amines is 1. The fraction of sp³-hybridized carbons (Fsp3) is 0.500. The average molecular weight is 256 g/mol. The molecule has 0 aliphatic heterocycles. The number of carbonyl (C=O) groups is 2. The van der Waals surface area contributed by atoms with Crippen molar-refractivity contribution in [1.82, 2.24) is 20.8 Å². The molecule has 0 atom stereocenters. The molecule has 8 heteroatoms. The van der Waals surface area contributed by atoms with Crippen molar-refractivity contribution in [2.45, 2.75) is 13.0 Å². The lowest BCUT2D eigenvalue weighted by molar-refractivity contribution is -0.138. The van der Waals surface area contributed by atoms with Gasteiger partial charge in [0.15, 0.2) is 0 Å². The summed E-state index contributed by atoms with van der Waals surface area (Å²) in [6, 6.07) is -0.307. The largest absolute Gasteiger partial charge is 0.481 e. The van der Waals surface area contributed by atoms with Gasteiger partial charge in [0.05, 0.1) is 25.8 Å². The predicted molar refractivity (Wildman–Crippen MR) is 61.9 cm³/mol. The van der Waals surface area contributed by atoms with Crippen molar-refractivity contribution in [2.75, 3.05) is 19.8 Å². The van der Waals surface area contributed by atoms with E-state index in [9.17, 15) is 9.59 Å². The van der Waals surface area contributed by atoms with Crippen LogP contribution >= 0.6 is 0 Å². The molecule has 0 aliphatic carbocycles. The number of aromatic nitrogens is 2. The number of carboxylic acid groups (broad SMARTS) is 1. The summed E-state index contributed by atoms with van der Waals surface area (Å²) in [6.45, 7) is 1.15. The first-order valence-electron chi connectivity index (χ1n) is 5.47. The number of nitrogens with zero attached hydrogens (tertiary/aromatic N) is 1. The van der Waals surface area contributed by atoms with Crippen LogP contribution in [0.4, 0.5) is 4.79 Å². The summed E-state index contributed by atoms with van der Waals surface area (Å²) in [7, 11) is 0. The third kappa shape index (κ3) is 6.48. The Labute approximate surface area is 104 Å². The summed E-state index contributed by atoms with van der Waals surface area (Å²) in [5.41, 5.74) is 0.878. The van der Waals surface area contributed by atoms with E-state index in [0.717, 1.165) is 5.56 Å². The maximum Gasteiger partial charge on any atom is 0.315 e. The molecule has 8 nitrogen and oxygen atoms in total. The number of hydrogen-bond acceptors (Lipinski definition) is 4. The molecule has 2 amide bonds. The molecule has 0 fully saturated rings. The zero-order valence-electron chi connectivity index (χ0n) is 9.81. The molecule has 18 heavy (non-hydrogen) atoms. The van der Waals surface area contributed by atoms with Crippen LogP contribution in [0.5, 0.6) is 0 Å². The standard InChI is InChI=1S/C10H16N4O4/c15-9(16)1-3-18-4-2-11-10(17)12-5-8-6-13-14-7-8/h6-7H,1-5H2,(H,13,14)(H,15,16)(H2,11,12,17). The van der Waals surface area contributed by atoms with Crippen LogP contribution < -0.4 is 10.6 Å². The fourth-order valence-corrected chi connectivity index (χ4v) is 1.12. The Kier molecular flexibility index (Phi) is 6.26. The minimum absolute atomic E-state index is 0.0350. The van der Waals surface area contributed by atoms with E-state index in [0.29, 0.717) is 13.1 Å². The molecule has 4 N–H and O–H groups in total. The molecule has 0 spiro atoms. The molecular weight excluding hydrogens is 240 g/mol. The van der Waals surface area contributed by atoms with Gasteiger partial charge in [-0.2, -0.15) is 5.10 Å². The summed E-state index contributed by atoms with van der Waals surface area (Å²) in [6.07, 6.45) is 3.28. The van der Waals surface area contributed by atoms with Gasteiger partial charge in [0.1, 0.15) is 0 Å². The Morgan fingerprint density at radius 2 is 2.22 bits per heavy atom. The van der Waals surface area contributed by atoms with Crippen LogP contribution in [0, 0.1) is 0 Å². The number of urea groups is 1. The maximum absolute atomic E-state index is 11.3. The Morgan fingerprint density at radius 3 is 2.89 bits per heavy atom. The normalized spacial score (nSPS) is 10.0. The van der Waals surface area contributed by atoms with E-state index in [1.54, 1.807) is 12.4 Å². The van der Waals surface area contributed by atoms with Crippen molar-refractivity contribution >= 4 is 12.0 Å². The molecule has 0 unspecified atom stereocenters. The third-order valence-electron chi connectivity index (χ3n) is 2.00. The van der Waals surface area contributed by atoms with E-state index in [-0.39, 0.29) is 25.7 Å². The fourth-order valence-electron chi connectivity index (χ4n) is 1.12. The van der Waals surface area contributed by atoms with Crippen LogP contribution in [-0.2, 0) is 16.1 Å². The zero-order valence-corrected chi connectivity index (χ0v) is 9.81. The molecule has 0 aliphatic rings. The lowest BCUT2D eigenvalue weighted by Gasteiger charge is -2.06. The number of H-pyrrole nitrogens is 1. The highest BCUT2D eigenvalue weighted by molar-refractivity contribution is 5.73. The Morgan fingerprint density at radius 1 is 1.39 bits per heavy atom. The van der Waals surface area contributed by atoms with Crippen molar-refractivity contribution in [2.24, 2.45) is 0 Å². The third-order valence-corrected chi connectivity index (χ3v) is 2.00. The first-order valence-corrected chi connectivity index (χ1v) is 5.47. The minimum atomic E-state index is -0.902. The molecule has 0 saturated carbocycles. The first kappa shape index (κ1) is 14.0. The maximum atomic E-state index is 11.3.